The van der Waals surface area contributed by atoms with Crippen molar-refractivity contribution in [3.05, 3.63) is 29.8 Å². The summed E-state index contributed by atoms with van der Waals surface area (Å²) >= 11 is 0. The van der Waals surface area contributed by atoms with Gasteiger partial charge < -0.3 is 19.6 Å². The molecule has 0 aliphatic carbocycles. The fourth-order valence-electron chi connectivity index (χ4n) is 4.88. The van der Waals surface area contributed by atoms with E-state index in [9.17, 15) is 9.90 Å². The first-order valence-electron chi connectivity index (χ1n) is 10.8. The molecule has 154 valence electrons. The number of hydrogen-bond acceptors (Lipinski definition) is 5. The molecule has 1 N–H and O–H groups in total. The Morgan fingerprint density at radius 2 is 1.64 bits per heavy atom. The van der Waals surface area contributed by atoms with Crippen LogP contribution in [0.25, 0.3) is 0 Å². The van der Waals surface area contributed by atoms with E-state index >= 15 is 0 Å². The summed E-state index contributed by atoms with van der Waals surface area (Å²) in [5.74, 6) is 0.951. The van der Waals surface area contributed by atoms with E-state index in [0.29, 0.717) is 30.9 Å². The predicted octanol–water partition coefficient (Wildman–Crippen LogP) is 1.93. The van der Waals surface area contributed by atoms with Crippen LogP contribution in [0.3, 0.4) is 0 Å². The van der Waals surface area contributed by atoms with Gasteiger partial charge in [0.2, 0.25) is 5.91 Å². The fraction of sp³-hybridized carbons (Fsp3) is 0.682. The van der Waals surface area contributed by atoms with E-state index in [-0.39, 0.29) is 5.92 Å². The third-order valence-corrected chi connectivity index (χ3v) is 6.66. The summed E-state index contributed by atoms with van der Waals surface area (Å²) in [6.45, 7) is 7.96. The average molecular weight is 388 g/mol. The van der Waals surface area contributed by atoms with Gasteiger partial charge in [0.1, 0.15) is 5.75 Å². The van der Waals surface area contributed by atoms with Crippen LogP contribution in [-0.4, -0.2) is 84.2 Å². The summed E-state index contributed by atoms with van der Waals surface area (Å²) in [5, 5.41) is 9.99. The third kappa shape index (κ3) is 4.67. The number of phenols is 1. The maximum absolute atomic E-state index is 12.7. The van der Waals surface area contributed by atoms with Gasteiger partial charge >= 0.3 is 0 Å². The molecular formula is C22H33N3O3. The molecule has 3 aliphatic heterocycles. The zero-order valence-corrected chi connectivity index (χ0v) is 16.8. The Hall–Kier alpha value is -1.63. The second-order valence-electron chi connectivity index (χ2n) is 8.38. The number of likely N-dealkylation sites (tertiary alicyclic amines) is 2. The predicted molar refractivity (Wildman–Crippen MR) is 108 cm³/mol. The summed E-state index contributed by atoms with van der Waals surface area (Å²) in [4.78, 5) is 19.8. The van der Waals surface area contributed by atoms with Gasteiger partial charge in [-0.25, -0.2) is 0 Å². The highest BCUT2D eigenvalue weighted by atomic mass is 16.5. The topological polar surface area (TPSA) is 56.2 Å². The first-order valence-corrected chi connectivity index (χ1v) is 10.8. The van der Waals surface area contributed by atoms with Crippen molar-refractivity contribution in [2.24, 2.45) is 5.92 Å². The molecular weight excluding hydrogens is 354 g/mol. The van der Waals surface area contributed by atoms with Crippen molar-refractivity contribution < 1.29 is 14.6 Å². The minimum atomic E-state index is 0.204. The average Bonchev–Trinajstić information content (AvgIpc) is 2.76. The van der Waals surface area contributed by atoms with Gasteiger partial charge in [-0.2, -0.15) is 0 Å². The number of aromatic hydroxyl groups is 1. The van der Waals surface area contributed by atoms with Crippen molar-refractivity contribution in [2.75, 3.05) is 52.5 Å². The van der Waals surface area contributed by atoms with Gasteiger partial charge in [0.05, 0.1) is 13.2 Å². The molecule has 3 heterocycles. The minimum absolute atomic E-state index is 0.204. The highest BCUT2D eigenvalue weighted by molar-refractivity contribution is 5.79. The summed E-state index contributed by atoms with van der Waals surface area (Å²) in [7, 11) is 0. The maximum atomic E-state index is 12.7. The minimum Gasteiger partial charge on any atom is -0.508 e. The smallest absolute Gasteiger partial charge is 0.225 e. The third-order valence-electron chi connectivity index (χ3n) is 6.66. The summed E-state index contributed by atoms with van der Waals surface area (Å²) in [5.41, 5.74) is 1.02. The molecule has 3 fully saturated rings. The number of para-hydroxylation sites is 1. The van der Waals surface area contributed by atoms with E-state index in [4.69, 9.17) is 4.74 Å². The quantitative estimate of drug-likeness (QED) is 0.856. The van der Waals surface area contributed by atoms with Crippen LogP contribution in [0.2, 0.25) is 0 Å². The van der Waals surface area contributed by atoms with E-state index in [1.165, 1.54) is 12.8 Å². The van der Waals surface area contributed by atoms with Gasteiger partial charge in [-0.15, -0.1) is 0 Å². The monoisotopic (exact) mass is 387 g/mol. The van der Waals surface area contributed by atoms with Gasteiger partial charge in [-0.05, 0) is 57.9 Å². The first-order chi connectivity index (χ1) is 13.7. The van der Waals surface area contributed by atoms with Crippen molar-refractivity contribution in [3.63, 3.8) is 0 Å². The zero-order chi connectivity index (χ0) is 19.3. The number of hydrogen-bond donors (Lipinski definition) is 1. The van der Waals surface area contributed by atoms with Crippen LogP contribution in [0.5, 0.6) is 5.75 Å². The normalized spacial score (nSPS) is 23.8. The van der Waals surface area contributed by atoms with Crippen LogP contribution in [0.1, 0.15) is 31.2 Å². The van der Waals surface area contributed by atoms with Gasteiger partial charge in [0, 0.05) is 37.2 Å². The van der Waals surface area contributed by atoms with E-state index in [2.05, 4.69) is 9.80 Å². The summed E-state index contributed by atoms with van der Waals surface area (Å²) in [6, 6.07) is 8.28. The van der Waals surface area contributed by atoms with Crippen molar-refractivity contribution in [1.82, 2.24) is 14.7 Å². The summed E-state index contributed by atoms with van der Waals surface area (Å²) in [6.07, 6.45) is 4.34. The Balaban J connectivity index is 1.21. The molecule has 0 unspecified atom stereocenters. The van der Waals surface area contributed by atoms with Crippen molar-refractivity contribution in [1.29, 1.82) is 0 Å². The molecule has 6 nitrogen and oxygen atoms in total. The number of carbonyl (C=O) groups is 1. The fourth-order valence-corrected chi connectivity index (χ4v) is 4.88. The van der Waals surface area contributed by atoms with Gasteiger partial charge in [0.25, 0.3) is 0 Å². The lowest BCUT2D eigenvalue weighted by Gasteiger charge is -2.42. The Morgan fingerprint density at radius 1 is 0.964 bits per heavy atom. The number of rotatable bonds is 4. The van der Waals surface area contributed by atoms with Crippen molar-refractivity contribution >= 4 is 5.91 Å². The Bertz CT molecular complexity index is 646. The molecule has 0 saturated carbocycles. The first kappa shape index (κ1) is 19.7. The number of piperidine rings is 2. The summed E-state index contributed by atoms with van der Waals surface area (Å²) < 4.78 is 5.37. The van der Waals surface area contributed by atoms with Gasteiger partial charge in [0.15, 0.2) is 0 Å². The molecule has 0 radical (unpaired) electrons. The Kier molecular flexibility index (Phi) is 6.50. The lowest BCUT2D eigenvalue weighted by molar-refractivity contribution is -0.141. The highest BCUT2D eigenvalue weighted by Crippen LogP contribution is 2.27. The van der Waals surface area contributed by atoms with Crippen LogP contribution in [-0.2, 0) is 16.1 Å². The van der Waals surface area contributed by atoms with E-state index < -0.39 is 0 Å². The number of amides is 1. The molecule has 0 atom stereocenters. The number of carbonyl (C=O) groups excluding carboxylic acids is 1. The number of benzene rings is 1. The number of ether oxygens (including phenoxy) is 1. The molecule has 0 bridgehead atoms. The van der Waals surface area contributed by atoms with E-state index in [1.807, 2.05) is 23.1 Å². The van der Waals surface area contributed by atoms with Crippen LogP contribution >= 0.6 is 0 Å². The molecule has 6 heteroatoms. The van der Waals surface area contributed by atoms with E-state index in [1.54, 1.807) is 6.07 Å². The SMILES string of the molecule is O=C(C1CCN(C2CCN(Cc3ccccc3O)CC2)CC1)N1CCOCC1. The lowest BCUT2D eigenvalue weighted by atomic mass is 9.92. The van der Waals surface area contributed by atoms with Gasteiger partial charge in [-0.1, -0.05) is 18.2 Å². The van der Waals surface area contributed by atoms with Crippen LogP contribution < -0.4 is 0 Å². The largest absolute Gasteiger partial charge is 0.508 e. The number of phenolic OH excluding ortho intramolecular Hbond substituents is 1. The van der Waals surface area contributed by atoms with Gasteiger partial charge in [-0.3, -0.25) is 9.69 Å². The molecule has 28 heavy (non-hydrogen) atoms. The van der Waals surface area contributed by atoms with Crippen LogP contribution in [0.4, 0.5) is 0 Å². The number of nitrogens with zero attached hydrogens (tertiary/aromatic N) is 3. The second kappa shape index (κ2) is 9.25. The van der Waals surface area contributed by atoms with E-state index in [0.717, 1.165) is 64.2 Å². The van der Waals surface area contributed by atoms with Crippen LogP contribution in [0.15, 0.2) is 24.3 Å². The molecule has 1 aromatic carbocycles. The molecule has 3 saturated heterocycles. The Morgan fingerprint density at radius 3 is 2.32 bits per heavy atom. The van der Waals surface area contributed by atoms with Crippen molar-refractivity contribution in [2.45, 2.75) is 38.3 Å². The Labute approximate surface area is 168 Å². The molecule has 3 aliphatic rings. The maximum Gasteiger partial charge on any atom is 0.225 e. The highest BCUT2D eigenvalue weighted by Gasteiger charge is 2.32. The standard InChI is InChI=1S/C22H33N3O3/c26-21-4-2-1-3-19(21)17-23-9-7-20(8-10-23)24-11-5-18(6-12-24)22(27)25-13-15-28-16-14-25/h1-4,18,20,26H,5-17H2. The molecule has 4 rings (SSSR count). The number of morpholine rings is 1. The molecule has 1 amide bonds. The molecule has 0 aromatic heterocycles. The second-order valence-corrected chi connectivity index (χ2v) is 8.38. The molecule has 1 aromatic rings. The van der Waals surface area contributed by atoms with Crippen molar-refractivity contribution in [3.8, 4) is 5.75 Å². The van der Waals surface area contributed by atoms with Crippen LogP contribution in [0, 0.1) is 5.92 Å². The zero-order valence-electron chi connectivity index (χ0n) is 16.8. The molecule has 0 spiro atoms. The lowest BCUT2D eigenvalue weighted by Crippen LogP contribution is -2.50.